The lowest BCUT2D eigenvalue weighted by atomic mass is 9.86. The molecular formula is C96H126F2O19. The smallest absolute Gasteiger partial charge is 0.303 e. The van der Waals surface area contributed by atoms with Crippen molar-refractivity contribution in [3.8, 4) is 17.2 Å². The normalized spacial score (nSPS) is 10.2. The van der Waals surface area contributed by atoms with Crippen LogP contribution in [-0.4, -0.2) is 110 Å². The number of carboxylic acid groups (broad SMARTS) is 8. The van der Waals surface area contributed by atoms with Crippen LogP contribution in [-0.2, 0) is 108 Å². The highest BCUT2D eigenvalue weighted by Gasteiger charge is 2.14. The molecule has 0 aromatic heterocycles. The predicted molar refractivity (Wildman–Crippen MR) is 456 cm³/mol. The molecule has 0 radical (unpaired) electrons. The van der Waals surface area contributed by atoms with E-state index in [1.165, 1.54) is 59.4 Å². The number of carboxylic acids is 8. The minimum Gasteiger partial charge on any atom is -0.497 e. The maximum absolute atomic E-state index is 12.8. The Kier molecular flexibility index (Phi) is 56.8. The van der Waals surface area contributed by atoms with Crippen LogP contribution in [0.1, 0.15) is 231 Å². The number of benzene rings is 8. The summed E-state index contributed by atoms with van der Waals surface area (Å²) < 4.78 is 40.8. The quantitative estimate of drug-likeness (QED) is 0.0165. The number of carbonyl (C=O) groups is 8. The van der Waals surface area contributed by atoms with Crippen LogP contribution < -0.4 is 14.2 Å². The lowest BCUT2D eigenvalue weighted by molar-refractivity contribution is -0.138. The summed E-state index contributed by atoms with van der Waals surface area (Å²) in [5.74, 6) is -3.80. The van der Waals surface area contributed by atoms with Crippen molar-refractivity contribution in [2.45, 2.75) is 239 Å². The fraction of sp³-hybridized carbons (Fsp3) is 0.417. The van der Waals surface area contributed by atoms with Crippen molar-refractivity contribution >= 4 is 47.8 Å². The molecule has 8 N–H and O–H groups in total. The molecule has 0 aliphatic carbocycles. The molecule has 0 bridgehead atoms. The molecule has 0 aliphatic rings. The third kappa shape index (κ3) is 57.5. The van der Waals surface area contributed by atoms with Crippen LogP contribution in [0.5, 0.6) is 17.2 Å². The van der Waals surface area contributed by atoms with E-state index in [1.807, 2.05) is 121 Å². The highest BCUT2D eigenvalue weighted by molar-refractivity contribution is 5.69. The topological polar surface area (TPSA) is 326 Å². The highest BCUT2D eigenvalue weighted by Crippen LogP contribution is 2.24. The van der Waals surface area contributed by atoms with Crippen LogP contribution in [0, 0.1) is 11.6 Å². The fourth-order valence-corrected chi connectivity index (χ4v) is 11.3. The number of aliphatic carboxylic acids is 8. The van der Waals surface area contributed by atoms with Gasteiger partial charge in [0, 0.05) is 51.4 Å². The number of halogens is 2. The number of hydrogen-bond donors (Lipinski definition) is 8. The first kappa shape index (κ1) is 104. The number of aryl methyl sites for hydroxylation is 10. The molecule has 0 saturated heterocycles. The second-order valence-electron chi connectivity index (χ2n) is 28.9. The van der Waals surface area contributed by atoms with Crippen LogP contribution in [0.3, 0.4) is 0 Å². The zero-order chi connectivity index (χ0) is 87.0. The van der Waals surface area contributed by atoms with Crippen LogP contribution in [0.15, 0.2) is 194 Å². The summed E-state index contributed by atoms with van der Waals surface area (Å²) in [4.78, 5) is 82.4. The second kappa shape index (κ2) is 64.0. The van der Waals surface area contributed by atoms with Gasteiger partial charge in [0.25, 0.3) is 0 Å². The summed E-state index contributed by atoms with van der Waals surface area (Å²) in [5.41, 5.74) is 12.8. The van der Waals surface area contributed by atoms with E-state index in [0.717, 1.165) is 146 Å². The molecule has 19 nitrogen and oxygen atoms in total. The van der Waals surface area contributed by atoms with E-state index < -0.39 is 47.8 Å². The van der Waals surface area contributed by atoms with Gasteiger partial charge in [0.2, 0.25) is 0 Å². The summed E-state index contributed by atoms with van der Waals surface area (Å²) in [7, 11) is 4.92. The third-order valence-electron chi connectivity index (χ3n) is 17.9. The molecule has 8 aromatic carbocycles. The number of ether oxygens (including phenoxy) is 3. The van der Waals surface area contributed by atoms with E-state index in [1.54, 1.807) is 33.5 Å². The van der Waals surface area contributed by atoms with Crippen LogP contribution in [0.4, 0.5) is 8.78 Å². The van der Waals surface area contributed by atoms with Crippen molar-refractivity contribution in [1.29, 1.82) is 0 Å². The number of unbranched alkanes of at least 4 members (excludes halogenated alkanes) is 6. The SMILES string of the molecule is CC(C)(C)c1ccc(CCC(=O)O)cc1.CCCCc1ccc(CCC(=O)O)cc1.CCCc1ccc(CCC(=O)O)cc1.COc1ccc(CCCC(=O)O)cc1.COc1cccc(CCCCC(=O)O)c1.COc1ccccc1CCCCC(=O)O.O=C(O)CCCCCc1cccc(F)c1.O=C(O)CCCCc1cccc(F)c1. The minimum absolute atomic E-state index is 0.158. The van der Waals surface area contributed by atoms with Gasteiger partial charge in [0.1, 0.15) is 28.9 Å². The molecule has 0 heterocycles. The average Bonchev–Trinajstić information content (AvgIpc) is 0.853. The molecule has 0 aliphatic heterocycles. The monoisotopic (exact) mass is 1620 g/mol. The second-order valence-corrected chi connectivity index (χ2v) is 28.9. The molecule has 8 aromatic rings. The first-order chi connectivity index (χ1) is 55.9. The van der Waals surface area contributed by atoms with Gasteiger partial charge in [-0.1, -0.05) is 193 Å². The van der Waals surface area contributed by atoms with Crippen LogP contribution in [0.2, 0.25) is 0 Å². The first-order valence-corrected chi connectivity index (χ1v) is 40.2. The van der Waals surface area contributed by atoms with Gasteiger partial charge in [0.05, 0.1) is 21.3 Å². The van der Waals surface area contributed by atoms with Gasteiger partial charge >= 0.3 is 47.8 Å². The Morgan fingerprint density at radius 3 is 0.957 bits per heavy atom. The number of hydrogen-bond acceptors (Lipinski definition) is 11. The van der Waals surface area contributed by atoms with Crippen molar-refractivity contribution in [3.63, 3.8) is 0 Å². The maximum atomic E-state index is 12.8. The van der Waals surface area contributed by atoms with Gasteiger partial charge in [-0.25, -0.2) is 8.78 Å². The standard InChI is InChI=1S/2C13H18O2.C12H15FO2.2C12H16O3.C12H16O2.C11H13FO2.C11H14O3/c1-13(2,3)11-7-4-10(5-8-11)6-9-12(14)15;1-2-3-4-11-5-7-12(8-6-11)9-10-13(14)15;13-11-7-4-6-10(9-11)5-2-1-3-8-12(14)15;1-15-11-8-4-2-6-10(11)7-3-5-9-12(13)14;1-15-11-7-4-6-10(9-11)5-2-3-8-12(13)14;1-2-3-10-4-6-11(7-5-10)8-9-12(13)14;12-10-6-3-5-9(8-10)4-1-2-7-11(13)14;1-14-10-7-5-9(6-8-10)3-2-4-11(12)13/h4-5,7-8H,6,9H2,1-3H3,(H,14,15);5-8H,2-4,9-10H2,1H3,(H,14,15);4,6-7,9H,1-3,5,8H2,(H,14,15);2,4,6,8H,3,5,7,9H2,1H3,(H,13,14);4,6-7,9H,2-3,5,8H2,1H3,(H,13,14);4-7H,2-3,8-9H2,1H3,(H,13,14);3,5-6,8H,1-2,4,7H2,(H,13,14);5-8H,2-4H2,1H3,(H,12,13). The Bertz CT molecular complexity index is 4060. The van der Waals surface area contributed by atoms with Crippen LogP contribution >= 0.6 is 0 Å². The van der Waals surface area contributed by atoms with Crippen molar-refractivity contribution in [3.05, 3.63) is 267 Å². The van der Waals surface area contributed by atoms with E-state index in [4.69, 9.17) is 55.1 Å². The Balaban J connectivity index is 0.000000669. The zero-order valence-corrected chi connectivity index (χ0v) is 69.7. The Labute approximate surface area is 691 Å². The van der Waals surface area contributed by atoms with Crippen molar-refractivity contribution in [2.75, 3.05) is 21.3 Å². The third-order valence-corrected chi connectivity index (χ3v) is 17.9. The average molecular weight is 1620 g/mol. The van der Waals surface area contributed by atoms with Crippen molar-refractivity contribution in [1.82, 2.24) is 0 Å². The van der Waals surface area contributed by atoms with Gasteiger partial charge in [-0.2, -0.15) is 0 Å². The molecule has 0 unspecified atom stereocenters. The summed E-state index contributed by atoms with van der Waals surface area (Å²) in [6.07, 6.45) is 21.4. The van der Waals surface area contributed by atoms with E-state index in [9.17, 15) is 47.1 Å². The molecule has 0 fully saturated rings. The molecule has 638 valence electrons. The van der Waals surface area contributed by atoms with Gasteiger partial charge in [-0.15, -0.1) is 0 Å². The summed E-state index contributed by atoms with van der Waals surface area (Å²) in [6, 6.07) is 61.0. The Morgan fingerprint density at radius 2 is 0.590 bits per heavy atom. The lowest BCUT2D eigenvalue weighted by Crippen LogP contribution is -2.10. The van der Waals surface area contributed by atoms with E-state index >= 15 is 0 Å². The van der Waals surface area contributed by atoms with Gasteiger partial charge in [-0.05, 0) is 250 Å². The van der Waals surface area contributed by atoms with E-state index in [2.05, 4.69) is 71.0 Å². The van der Waals surface area contributed by atoms with Crippen molar-refractivity contribution < 1.29 is 102 Å². The molecular weight excluding hydrogens is 1500 g/mol. The highest BCUT2D eigenvalue weighted by atomic mass is 19.1. The molecule has 0 spiro atoms. The fourth-order valence-electron chi connectivity index (χ4n) is 11.3. The molecule has 8 rings (SSSR count). The van der Waals surface area contributed by atoms with Crippen molar-refractivity contribution in [2.24, 2.45) is 0 Å². The first-order valence-electron chi connectivity index (χ1n) is 40.2. The van der Waals surface area contributed by atoms with Gasteiger partial charge in [0.15, 0.2) is 0 Å². The minimum atomic E-state index is -0.774. The molecule has 117 heavy (non-hydrogen) atoms. The lowest BCUT2D eigenvalue weighted by Gasteiger charge is -2.19. The molecule has 21 heteroatoms. The van der Waals surface area contributed by atoms with E-state index in [-0.39, 0.29) is 68.4 Å². The van der Waals surface area contributed by atoms with E-state index in [0.29, 0.717) is 44.9 Å². The molecule has 0 atom stereocenters. The summed E-state index contributed by atoms with van der Waals surface area (Å²) in [6.45, 7) is 10.8. The largest absolute Gasteiger partial charge is 0.497 e. The molecule has 0 amide bonds. The van der Waals surface area contributed by atoms with Crippen LogP contribution in [0.25, 0.3) is 0 Å². The number of methoxy groups -OCH3 is 3. The predicted octanol–water partition coefficient (Wildman–Crippen LogP) is 21.4. The molecule has 0 saturated carbocycles. The summed E-state index contributed by atoms with van der Waals surface area (Å²) >= 11 is 0. The zero-order valence-electron chi connectivity index (χ0n) is 69.7. The number of para-hydroxylation sites is 1. The van der Waals surface area contributed by atoms with Gasteiger partial charge in [-0.3, -0.25) is 38.4 Å². The number of rotatable bonds is 42. The summed E-state index contributed by atoms with van der Waals surface area (Å²) in [5, 5.41) is 67.8. The van der Waals surface area contributed by atoms with Gasteiger partial charge < -0.3 is 55.1 Å². The Morgan fingerprint density at radius 1 is 0.274 bits per heavy atom. The Hall–Kier alpha value is -11.2. The maximum Gasteiger partial charge on any atom is 0.303 e.